The number of hydrogen-bond acceptors (Lipinski definition) is 2. The number of benzene rings is 1. The van der Waals surface area contributed by atoms with Gasteiger partial charge in [-0.15, -0.1) is 0 Å². The average Bonchev–Trinajstić information content (AvgIpc) is 2.48. The molecular formula is C18H30N2. The molecule has 1 aliphatic heterocycles. The lowest BCUT2D eigenvalue weighted by Gasteiger charge is -2.34. The maximum absolute atomic E-state index is 3.47. The van der Waals surface area contributed by atoms with Crippen LogP contribution in [-0.4, -0.2) is 37.1 Å². The van der Waals surface area contributed by atoms with Gasteiger partial charge in [0, 0.05) is 19.1 Å². The minimum Gasteiger partial charge on any atom is -0.317 e. The van der Waals surface area contributed by atoms with Gasteiger partial charge in [-0.25, -0.2) is 0 Å². The van der Waals surface area contributed by atoms with Crippen LogP contribution in [0.3, 0.4) is 0 Å². The summed E-state index contributed by atoms with van der Waals surface area (Å²) in [5.74, 6) is 1.49. The van der Waals surface area contributed by atoms with Crippen LogP contribution in [0, 0.1) is 5.92 Å². The number of hydrogen-bond donors (Lipinski definition) is 1. The predicted molar refractivity (Wildman–Crippen MR) is 87.2 cm³/mol. The van der Waals surface area contributed by atoms with Crippen molar-refractivity contribution in [2.45, 2.75) is 45.6 Å². The molecule has 1 unspecified atom stereocenters. The Balaban J connectivity index is 1.91. The zero-order chi connectivity index (χ0) is 14.4. The van der Waals surface area contributed by atoms with Crippen molar-refractivity contribution in [1.29, 1.82) is 0 Å². The zero-order valence-corrected chi connectivity index (χ0v) is 13.3. The molecule has 0 radical (unpaired) electrons. The van der Waals surface area contributed by atoms with Gasteiger partial charge in [-0.3, -0.25) is 0 Å². The fourth-order valence-corrected chi connectivity index (χ4v) is 3.13. The van der Waals surface area contributed by atoms with E-state index in [0.717, 1.165) is 5.92 Å². The first-order valence-corrected chi connectivity index (χ1v) is 8.16. The Morgan fingerprint density at radius 1 is 1.10 bits per heavy atom. The lowest BCUT2D eigenvalue weighted by molar-refractivity contribution is 0.162. The second-order valence-electron chi connectivity index (χ2n) is 6.55. The third-order valence-corrected chi connectivity index (χ3v) is 4.56. The number of nitrogens with one attached hydrogen (secondary N) is 1. The van der Waals surface area contributed by atoms with E-state index in [1.807, 2.05) is 0 Å². The summed E-state index contributed by atoms with van der Waals surface area (Å²) in [6.45, 7) is 11.8. The van der Waals surface area contributed by atoms with Crippen LogP contribution < -0.4 is 5.32 Å². The molecule has 1 saturated heterocycles. The second kappa shape index (κ2) is 7.80. The highest BCUT2D eigenvalue weighted by molar-refractivity contribution is 5.19. The van der Waals surface area contributed by atoms with Crippen molar-refractivity contribution in [3.63, 3.8) is 0 Å². The molecule has 1 fully saturated rings. The summed E-state index contributed by atoms with van der Waals surface area (Å²) in [4.78, 5) is 2.67. The molecule has 2 nitrogen and oxygen atoms in total. The fraction of sp³-hybridized carbons (Fsp3) is 0.667. The molecule has 1 aromatic carbocycles. The first kappa shape index (κ1) is 15.5. The molecular weight excluding hydrogens is 244 g/mol. The summed E-state index contributed by atoms with van der Waals surface area (Å²) in [5, 5.41) is 3.47. The van der Waals surface area contributed by atoms with E-state index < -0.39 is 0 Å². The maximum Gasteiger partial charge on any atom is 0.00504 e. The van der Waals surface area contributed by atoms with Crippen LogP contribution >= 0.6 is 0 Å². The molecule has 112 valence electrons. The molecule has 1 N–H and O–H groups in total. The topological polar surface area (TPSA) is 15.3 Å². The Bertz CT molecular complexity index is 368. The van der Waals surface area contributed by atoms with Gasteiger partial charge in [0.25, 0.3) is 0 Å². The molecule has 2 rings (SSSR count). The van der Waals surface area contributed by atoms with Crippen LogP contribution in [0.1, 0.15) is 45.1 Å². The first-order chi connectivity index (χ1) is 9.66. The van der Waals surface area contributed by atoms with Crippen LogP contribution in [0.15, 0.2) is 30.3 Å². The minimum atomic E-state index is 0.611. The standard InChI is InChI=1S/C18H30N2/c1-15(2)20(14-17-9-11-19-12-10-17)13-16(3)18-7-5-4-6-8-18/h4-8,15-17,19H,9-14H2,1-3H3. The van der Waals surface area contributed by atoms with Crippen molar-refractivity contribution in [3.8, 4) is 0 Å². The van der Waals surface area contributed by atoms with Crippen molar-refractivity contribution < 1.29 is 0 Å². The van der Waals surface area contributed by atoms with Crippen molar-refractivity contribution in [2.24, 2.45) is 5.92 Å². The smallest absolute Gasteiger partial charge is 0.00504 e. The largest absolute Gasteiger partial charge is 0.317 e. The monoisotopic (exact) mass is 274 g/mol. The van der Waals surface area contributed by atoms with E-state index in [9.17, 15) is 0 Å². The van der Waals surface area contributed by atoms with E-state index in [4.69, 9.17) is 0 Å². The fourth-order valence-electron chi connectivity index (χ4n) is 3.13. The van der Waals surface area contributed by atoms with Gasteiger partial charge in [-0.1, -0.05) is 37.3 Å². The Morgan fingerprint density at radius 2 is 1.75 bits per heavy atom. The van der Waals surface area contributed by atoms with E-state index >= 15 is 0 Å². The van der Waals surface area contributed by atoms with Gasteiger partial charge in [0.1, 0.15) is 0 Å². The minimum absolute atomic E-state index is 0.611. The van der Waals surface area contributed by atoms with Gasteiger partial charge >= 0.3 is 0 Å². The molecule has 1 heterocycles. The number of rotatable bonds is 6. The highest BCUT2D eigenvalue weighted by Crippen LogP contribution is 2.20. The Labute approximate surface area is 124 Å². The molecule has 1 atom stereocenters. The number of piperidine rings is 1. The van der Waals surface area contributed by atoms with E-state index in [2.05, 4.69) is 61.3 Å². The average molecular weight is 274 g/mol. The van der Waals surface area contributed by atoms with Crippen LogP contribution in [0.2, 0.25) is 0 Å². The van der Waals surface area contributed by atoms with Crippen molar-refractivity contribution in [1.82, 2.24) is 10.2 Å². The van der Waals surface area contributed by atoms with Gasteiger partial charge in [0.15, 0.2) is 0 Å². The van der Waals surface area contributed by atoms with Crippen LogP contribution in [0.4, 0.5) is 0 Å². The lowest BCUT2D eigenvalue weighted by atomic mass is 9.95. The summed E-state index contributed by atoms with van der Waals surface area (Å²) in [6, 6.07) is 11.6. The van der Waals surface area contributed by atoms with Crippen molar-refractivity contribution >= 4 is 0 Å². The Hall–Kier alpha value is -0.860. The SMILES string of the molecule is CC(CN(CC1CCNCC1)C(C)C)c1ccccc1. The Kier molecular flexibility index (Phi) is 6.06. The van der Waals surface area contributed by atoms with Gasteiger partial charge in [-0.05, 0) is 57.2 Å². The molecule has 0 bridgehead atoms. The molecule has 0 aromatic heterocycles. The van der Waals surface area contributed by atoms with E-state index in [-0.39, 0.29) is 0 Å². The quantitative estimate of drug-likeness (QED) is 0.854. The van der Waals surface area contributed by atoms with Gasteiger partial charge in [-0.2, -0.15) is 0 Å². The molecule has 1 aromatic rings. The van der Waals surface area contributed by atoms with Crippen LogP contribution in [0.25, 0.3) is 0 Å². The molecule has 1 aliphatic rings. The maximum atomic E-state index is 3.47. The van der Waals surface area contributed by atoms with E-state index in [0.29, 0.717) is 12.0 Å². The third-order valence-electron chi connectivity index (χ3n) is 4.56. The summed E-state index contributed by atoms with van der Waals surface area (Å²) in [6.07, 6.45) is 2.67. The Morgan fingerprint density at radius 3 is 2.35 bits per heavy atom. The van der Waals surface area contributed by atoms with Crippen LogP contribution in [-0.2, 0) is 0 Å². The molecule has 0 spiro atoms. The second-order valence-corrected chi connectivity index (χ2v) is 6.55. The molecule has 0 saturated carbocycles. The van der Waals surface area contributed by atoms with Crippen molar-refractivity contribution in [3.05, 3.63) is 35.9 Å². The summed E-state index contributed by atoms with van der Waals surface area (Å²) < 4.78 is 0. The zero-order valence-electron chi connectivity index (χ0n) is 13.3. The van der Waals surface area contributed by atoms with Crippen LogP contribution in [0.5, 0.6) is 0 Å². The van der Waals surface area contributed by atoms with Gasteiger partial charge in [0.2, 0.25) is 0 Å². The molecule has 2 heteroatoms. The normalized spacial score (nSPS) is 18.6. The highest BCUT2D eigenvalue weighted by Gasteiger charge is 2.20. The first-order valence-electron chi connectivity index (χ1n) is 8.16. The van der Waals surface area contributed by atoms with Crippen molar-refractivity contribution in [2.75, 3.05) is 26.2 Å². The highest BCUT2D eigenvalue weighted by atomic mass is 15.1. The summed E-state index contributed by atoms with van der Waals surface area (Å²) >= 11 is 0. The summed E-state index contributed by atoms with van der Waals surface area (Å²) in [5.41, 5.74) is 1.46. The molecule has 20 heavy (non-hydrogen) atoms. The summed E-state index contributed by atoms with van der Waals surface area (Å²) in [7, 11) is 0. The molecule has 0 amide bonds. The third kappa shape index (κ3) is 4.60. The van der Waals surface area contributed by atoms with Gasteiger partial charge < -0.3 is 10.2 Å². The lowest BCUT2D eigenvalue weighted by Crippen LogP contribution is -2.41. The van der Waals surface area contributed by atoms with Gasteiger partial charge in [0.05, 0.1) is 0 Å². The van der Waals surface area contributed by atoms with E-state index in [1.54, 1.807) is 0 Å². The number of nitrogens with zero attached hydrogens (tertiary/aromatic N) is 1. The molecule has 0 aliphatic carbocycles. The predicted octanol–water partition coefficient (Wildman–Crippen LogP) is 3.50. The van der Waals surface area contributed by atoms with E-state index in [1.165, 1.54) is 44.6 Å².